The van der Waals surface area contributed by atoms with Crippen LogP contribution in [0.1, 0.15) is 51.5 Å². The van der Waals surface area contributed by atoms with E-state index in [9.17, 15) is 22.9 Å². The lowest BCUT2D eigenvalue weighted by molar-refractivity contribution is -0.117. The molecule has 0 aromatic heterocycles. The molecule has 3 fully saturated rings. The average Bonchev–Trinajstić information content (AvgIpc) is 3.44. The van der Waals surface area contributed by atoms with E-state index in [1.54, 1.807) is 32.0 Å². The van der Waals surface area contributed by atoms with Crippen molar-refractivity contribution in [3.8, 4) is 6.07 Å². The van der Waals surface area contributed by atoms with Crippen LogP contribution < -0.4 is 10.2 Å². The molecule has 2 aliphatic heterocycles. The van der Waals surface area contributed by atoms with Crippen molar-refractivity contribution in [2.75, 3.05) is 37.6 Å². The molecule has 43 heavy (non-hydrogen) atoms. The molecule has 2 aromatic rings. The second-order valence-corrected chi connectivity index (χ2v) is 15.3. The summed E-state index contributed by atoms with van der Waals surface area (Å²) in [5.74, 6) is -0.0936. The third-order valence-electron chi connectivity index (χ3n) is 9.96. The van der Waals surface area contributed by atoms with Crippen LogP contribution in [0.2, 0.25) is 0 Å². The Balaban J connectivity index is 1.23. The van der Waals surface area contributed by atoms with E-state index in [1.165, 1.54) is 18.2 Å². The SMILES string of the molecule is C=CC(=O)N[C@H]1CCC[C@@H]1[C@](C#N)(c1cccc(F)c1)C1CCN(CC2CN(c3ccc(S(=O)(=O)C(C)C)cc3)C2)CC1. The number of halogens is 1. The number of piperidine rings is 1. The smallest absolute Gasteiger partial charge is 0.243 e. The number of rotatable bonds is 10. The van der Waals surface area contributed by atoms with Crippen molar-refractivity contribution < 1.29 is 17.6 Å². The molecule has 230 valence electrons. The molecule has 2 aromatic carbocycles. The minimum atomic E-state index is -3.28. The van der Waals surface area contributed by atoms with E-state index in [-0.39, 0.29) is 29.6 Å². The predicted octanol–water partition coefficient (Wildman–Crippen LogP) is 5.09. The van der Waals surface area contributed by atoms with Crippen molar-refractivity contribution in [1.82, 2.24) is 10.2 Å². The summed E-state index contributed by atoms with van der Waals surface area (Å²) < 4.78 is 39.4. The van der Waals surface area contributed by atoms with E-state index < -0.39 is 20.5 Å². The molecule has 5 rings (SSSR count). The van der Waals surface area contributed by atoms with Gasteiger partial charge < -0.3 is 15.1 Å². The molecule has 1 N–H and O–H groups in total. The lowest BCUT2D eigenvalue weighted by Gasteiger charge is -2.48. The molecule has 2 heterocycles. The minimum Gasteiger partial charge on any atom is -0.371 e. The van der Waals surface area contributed by atoms with Gasteiger partial charge in [-0.1, -0.05) is 25.1 Å². The molecule has 0 spiro atoms. The van der Waals surface area contributed by atoms with Crippen molar-refractivity contribution >= 4 is 21.4 Å². The number of carbonyl (C=O) groups excluding carboxylic acids is 1. The van der Waals surface area contributed by atoms with E-state index in [4.69, 9.17) is 0 Å². The molecule has 1 aliphatic carbocycles. The fourth-order valence-electron chi connectivity index (χ4n) is 7.61. The van der Waals surface area contributed by atoms with Crippen molar-refractivity contribution in [3.05, 3.63) is 72.6 Å². The molecular weight excluding hydrogens is 563 g/mol. The number of nitrogens with zero attached hydrogens (tertiary/aromatic N) is 3. The Kier molecular flexibility index (Phi) is 9.29. The quantitative estimate of drug-likeness (QED) is 0.379. The van der Waals surface area contributed by atoms with E-state index in [2.05, 4.69) is 27.8 Å². The van der Waals surface area contributed by atoms with Crippen LogP contribution in [0.4, 0.5) is 10.1 Å². The maximum atomic E-state index is 14.5. The first-order valence-electron chi connectivity index (χ1n) is 15.5. The number of likely N-dealkylation sites (tertiary alicyclic amines) is 1. The predicted molar refractivity (Wildman–Crippen MR) is 167 cm³/mol. The topological polar surface area (TPSA) is 93.5 Å². The second kappa shape index (κ2) is 12.8. The average molecular weight is 607 g/mol. The number of carbonyl (C=O) groups is 1. The van der Waals surface area contributed by atoms with Gasteiger partial charge in [-0.05, 0) is 107 Å². The Morgan fingerprint density at radius 3 is 2.44 bits per heavy atom. The molecule has 0 bridgehead atoms. The standard InChI is InChI=1S/C34H43FN4O3S/c1-4-33(40)37-32-10-6-9-31(32)34(23-36,27-7-5-8-28(35)19-27)26-15-17-38(18-16-26)20-25-21-39(22-25)29-11-13-30(14-12-29)43(41,42)24(2)3/h4-5,7-8,11-14,19,24-26,31-32H,1,6,9-10,15-18,20-22H2,2-3H3,(H,37,40)/t31-,32-,34-/m0/s1. The van der Waals surface area contributed by atoms with Gasteiger partial charge in [-0.3, -0.25) is 4.79 Å². The number of nitriles is 1. The summed E-state index contributed by atoms with van der Waals surface area (Å²) in [5, 5.41) is 13.5. The number of sulfone groups is 1. The molecular formula is C34H43FN4O3S. The van der Waals surface area contributed by atoms with Gasteiger partial charge >= 0.3 is 0 Å². The van der Waals surface area contributed by atoms with Crippen LogP contribution in [0.5, 0.6) is 0 Å². The molecule has 3 aliphatic rings. The van der Waals surface area contributed by atoms with Crippen molar-refractivity contribution in [2.24, 2.45) is 17.8 Å². The summed E-state index contributed by atoms with van der Waals surface area (Å²) in [6, 6.07) is 16.3. The number of benzene rings is 2. The van der Waals surface area contributed by atoms with Gasteiger partial charge in [0.15, 0.2) is 9.84 Å². The van der Waals surface area contributed by atoms with Crippen LogP contribution in [0.3, 0.4) is 0 Å². The Morgan fingerprint density at radius 2 is 1.84 bits per heavy atom. The molecule has 0 unspecified atom stereocenters. The zero-order chi connectivity index (χ0) is 30.8. The van der Waals surface area contributed by atoms with E-state index in [0.29, 0.717) is 10.8 Å². The lowest BCUT2D eigenvalue weighted by Crippen LogP contribution is -2.55. The van der Waals surface area contributed by atoms with Crippen molar-refractivity contribution in [1.29, 1.82) is 5.26 Å². The van der Waals surface area contributed by atoms with Gasteiger partial charge in [0.1, 0.15) is 5.82 Å². The number of hydrogen-bond donors (Lipinski definition) is 1. The Hall–Kier alpha value is -3.22. The molecule has 1 amide bonds. The van der Waals surface area contributed by atoms with Crippen LogP contribution in [0.15, 0.2) is 66.1 Å². The highest BCUT2D eigenvalue weighted by molar-refractivity contribution is 7.92. The maximum Gasteiger partial charge on any atom is 0.243 e. The first-order valence-corrected chi connectivity index (χ1v) is 17.0. The molecule has 0 radical (unpaired) electrons. The van der Waals surface area contributed by atoms with Gasteiger partial charge in [-0.2, -0.15) is 5.26 Å². The molecule has 1 saturated carbocycles. The summed E-state index contributed by atoms with van der Waals surface area (Å²) in [6.45, 7) is 11.6. The largest absolute Gasteiger partial charge is 0.371 e. The highest BCUT2D eigenvalue weighted by Crippen LogP contribution is 2.50. The van der Waals surface area contributed by atoms with Crippen LogP contribution in [-0.2, 0) is 20.0 Å². The summed E-state index contributed by atoms with van der Waals surface area (Å²) in [5.41, 5.74) is 0.882. The number of anilines is 1. The fourth-order valence-corrected chi connectivity index (χ4v) is 8.67. The molecule has 7 nitrogen and oxygen atoms in total. The summed E-state index contributed by atoms with van der Waals surface area (Å²) in [6.07, 6.45) is 5.48. The van der Waals surface area contributed by atoms with E-state index in [0.717, 1.165) is 76.1 Å². The van der Waals surface area contributed by atoms with Crippen LogP contribution in [-0.4, -0.2) is 63.2 Å². The zero-order valence-electron chi connectivity index (χ0n) is 25.2. The lowest BCUT2D eigenvalue weighted by atomic mass is 9.59. The van der Waals surface area contributed by atoms with E-state index >= 15 is 0 Å². The third-order valence-corrected chi connectivity index (χ3v) is 12.1. The Bertz CT molecular complexity index is 1460. The van der Waals surface area contributed by atoms with Gasteiger partial charge in [0.25, 0.3) is 0 Å². The van der Waals surface area contributed by atoms with Gasteiger partial charge in [-0.15, -0.1) is 0 Å². The van der Waals surface area contributed by atoms with Crippen molar-refractivity contribution in [3.63, 3.8) is 0 Å². The first-order chi connectivity index (χ1) is 20.6. The highest BCUT2D eigenvalue weighted by atomic mass is 32.2. The van der Waals surface area contributed by atoms with Gasteiger partial charge in [0.05, 0.1) is 21.6 Å². The minimum absolute atomic E-state index is 0.0558. The van der Waals surface area contributed by atoms with Crippen LogP contribution in [0, 0.1) is 34.9 Å². The highest BCUT2D eigenvalue weighted by Gasteiger charge is 2.52. The monoisotopic (exact) mass is 606 g/mol. The second-order valence-electron chi connectivity index (χ2n) is 12.8. The summed E-state index contributed by atoms with van der Waals surface area (Å²) in [4.78, 5) is 17.4. The zero-order valence-corrected chi connectivity index (χ0v) is 26.0. The van der Waals surface area contributed by atoms with Gasteiger partial charge in [0.2, 0.25) is 5.91 Å². The maximum absolute atomic E-state index is 14.5. The van der Waals surface area contributed by atoms with Crippen molar-refractivity contribution in [2.45, 2.75) is 67.6 Å². The number of amides is 1. The Morgan fingerprint density at radius 1 is 1.14 bits per heavy atom. The molecule has 3 atom stereocenters. The van der Waals surface area contributed by atoms with Crippen LogP contribution >= 0.6 is 0 Å². The fraction of sp³-hybridized carbons (Fsp3) is 0.529. The first kappa shape index (κ1) is 31.2. The molecule has 9 heteroatoms. The summed E-state index contributed by atoms with van der Waals surface area (Å²) in [7, 11) is -3.28. The van der Waals surface area contributed by atoms with Gasteiger partial charge in [0, 0.05) is 43.2 Å². The van der Waals surface area contributed by atoms with E-state index in [1.807, 2.05) is 18.2 Å². The Labute approximate surface area is 255 Å². The summed E-state index contributed by atoms with van der Waals surface area (Å²) >= 11 is 0. The van der Waals surface area contributed by atoms with Crippen LogP contribution in [0.25, 0.3) is 0 Å². The van der Waals surface area contributed by atoms with Gasteiger partial charge in [-0.25, -0.2) is 12.8 Å². The molecule has 2 saturated heterocycles. The number of nitrogens with one attached hydrogen (secondary N) is 1. The number of hydrogen-bond acceptors (Lipinski definition) is 6. The normalized spacial score (nSPS) is 23.4. The third kappa shape index (κ3) is 6.23.